The molecule has 0 saturated carbocycles. The van der Waals surface area contributed by atoms with Crippen LogP contribution in [0.5, 0.6) is 17.2 Å². The molecule has 62 heavy (non-hydrogen) atoms. The van der Waals surface area contributed by atoms with Crippen molar-refractivity contribution in [1.29, 1.82) is 0 Å². The predicted molar refractivity (Wildman–Crippen MR) is 234 cm³/mol. The minimum Gasteiger partial charge on any atom is -0.507 e. The molecule has 1 spiro atoms. The van der Waals surface area contributed by atoms with Gasteiger partial charge in [0.15, 0.2) is 17.2 Å². The van der Waals surface area contributed by atoms with Crippen molar-refractivity contribution in [2.24, 2.45) is 33.7 Å². The van der Waals surface area contributed by atoms with Crippen LogP contribution < -0.4 is 20.8 Å². The Morgan fingerprint density at radius 1 is 1.03 bits per heavy atom. The van der Waals surface area contributed by atoms with Gasteiger partial charge in [-0.1, -0.05) is 65.0 Å². The summed E-state index contributed by atoms with van der Waals surface area (Å²) in [6, 6.07) is 1.05. The number of carbonyl (C=O) groups is 3. The largest absolute Gasteiger partial charge is 0.507 e. The van der Waals surface area contributed by atoms with Crippen molar-refractivity contribution in [3.63, 3.8) is 0 Å². The molecular weight excluding hydrogens is 794 g/mol. The lowest BCUT2D eigenvalue weighted by atomic mass is 9.83. The van der Waals surface area contributed by atoms with Crippen molar-refractivity contribution in [3.05, 3.63) is 87.6 Å². The van der Waals surface area contributed by atoms with Crippen molar-refractivity contribution in [2.75, 3.05) is 32.1 Å². The Balaban J connectivity index is 1.47. The number of esters is 1. The van der Waals surface area contributed by atoms with E-state index >= 15 is 0 Å². The number of aliphatic hydroxyl groups excluding tert-OH is 1. The maximum atomic E-state index is 14.5. The Bertz CT molecular complexity index is 2440. The first-order chi connectivity index (χ1) is 29.4. The van der Waals surface area contributed by atoms with Crippen LogP contribution in [0.25, 0.3) is 10.8 Å². The third-order valence-electron chi connectivity index (χ3n) is 12.4. The molecule has 7 rings (SSSR count). The Morgan fingerprint density at radius 3 is 2.42 bits per heavy atom. The Hall–Kier alpha value is -5.47. The molecule has 5 heterocycles. The zero-order valence-corrected chi connectivity index (χ0v) is 37.0. The number of hydrogen-bond donors (Lipinski definition) is 4. The van der Waals surface area contributed by atoms with Gasteiger partial charge in [-0.3, -0.25) is 24.6 Å². The summed E-state index contributed by atoms with van der Waals surface area (Å²) < 4.78 is 25.7. The lowest BCUT2D eigenvalue weighted by Crippen LogP contribution is -2.43. The fraction of sp³-hybridized carbons (Fsp3) is 0.500. The van der Waals surface area contributed by atoms with E-state index in [-0.39, 0.29) is 85.8 Å². The summed E-state index contributed by atoms with van der Waals surface area (Å²) in [7, 11) is 1.40. The van der Waals surface area contributed by atoms with Crippen LogP contribution in [0.4, 0.5) is 10.1 Å². The van der Waals surface area contributed by atoms with Crippen LogP contribution in [0.3, 0.4) is 0 Å². The number of anilines is 1. The number of aliphatic hydroxyl groups is 1. The molecule has 1 amide bonds. The first-order valence-electron chi connectivity index (χ1n) is 21.6. The van der Waals surface area contributed by atoms with Crippen LogP contribution in [-0.2, 0) is 9.53 Å². The second kappa shape index (κ2) is 19.3. The summed E-state index contributed by atoms with van der Waals surface area (Å²) in [5.74, 6) is -3.30. The molecule has 0 radical (unpaired) electrons. The fourth-order valence-electron chi connectivity index (χ4n) is 8.96. The van der Waals surface area contributed by atoms with Gasteiger partial charge in [0.05, 0.1) is 41.3 Å². The maximum Gasteiger partial charge on any atom is 0.340 e. The van der Waals surface area contributed by atoms with Crippen LogP contribution in [0.2, 0.25) is 0 Å². The number of phenolic OH excluding ortho intramolecular Hbond substituents is 2. The number of piperidine rings is 1. The van der Waals surface area contributed by atoms with Crippen LogP contribution in [-0.4, -0.2) is 87.5 Å². The molecule has 1 saturated heterocycles. The number of amides is 1. The number of pyridine rings is 1. The highest BCUT2D eigenvalue weighted by Gasteiger charge is 2.39. The molecule has 2 aromatic carbocycles. The third kappa shape index (κ3) is 9.76. The fourth-order valence-corrected chi connectivity index (χ4v) is 8.96. The normalized spacial score (nSPS) is 25.7. The van der Waals surface area contributed by atoms with Crippen LogP contribution in [0.1, 0.15) is 106 Å². The number of ketones is 1. The topological polar surface area (TPSA) is 183 Å². The average Bonchev–Trinajstić information content (AvgIpc) is 3.60. The summed E-state index contributed by atoms with van der Waals surface area (Å²) in [6.07, 6.45) is 11.6. The molecule has 5 atom stereocenters. The quantitative estimate of drug-likeness (QED) is 0.118. The number of aromatic nitrogens is 1. The second-order valence-corrected chi connectivity index (χ2v) is 17.7. The SMILES string of the molecule is COc1c(C)c(O)c2c(O)c3c4c(c2c1C(=O)C/C=C/CCC(OC(=O)c1cncc(F)c1)[C@H](C)C(O)[C@H](C)CC(C)/C=C/C=C(/C)C(=O)N3)=NC1(CCN(CC(C)C)CC1)N=4. The van der Waals surface area contributed by atoms with Gasteiger partial charge in [-0.2, -0.15) is 0 Å². The van der Waals surface area contributed by atoms with Gasteiger partial charge < -0.3 is 35.0 Å². The minimum absolute atomic E-state index is 0.00904. The van der Waals surface area contributed by atoms with Gasteiger partial charge in [-0.15, -0.1) is 0 Å². The number of allylic oxidation sites excluding steroid dienone is 5. The van der Waals surface area contributed by atoms with Crippen molar-refractivity contribution in [3.8, 4) is 17.2 Å². The Kier molecular flexibility index (Phi) is 14.3. The second-order valence-electron chi connectivity index (χ2n) is 17.7. The summed E-state index contributed by atoms with van der Waals surface area (Å²) in [5.41, 5.74) is -0.342. The molecule has 0 aliphatic carbocycles. The minimum atomic E-state index is -0.925. The maximum absolute atomic E-state index is 14.5. The molecule has 332 valence electrons. The van der Waals surface area contributed by atoms with E-state index in [0.717, 1.165) is 31.9 Å². The molecule has 1 aromatic heterocycles. The molecule has 4 N–H and O–H groups in total. The van der Waals surface area contributed by atoms with Gasteiger partial charge in [0, 0.05) is 67.5 Å². The first kappa shape index (κ1) is 46.0. The smallest absolute Gasteiger partial charge is 0.340 e. The van der Waals surface area contributed by atoms with E-state index < -0.39 is 47.2 Å². The number of likely N-dealkylation sites (tertiary alicyclic amines) is 1. The van der Waals surface area contributed by atoms with Crippen molar-refractivity contribution in [1.82, 2.24) is 9.88 Å². The molecule has 4 bridgehead atoms. The highest BCUT2D eigenvalue weighted by atomic mass is 19.1. The van der Waals surface area contributed by atoms with Crippen LogP contribution in [0.15, 0.2) is 64.4 Å². The van der Waals surface area contributed by atoms with E-state index in [1.165, 1.54) is 13.3 Å². The first-order valence-corrected chi connectivity index (χ1v) is 21.6. The zero-order valence-electron chi connectivity index (χ0n) is 37.0. The molecule has 4 aliphatic rings. The van der Waals surface area contributed by atoms with E-state index in [9.17, 15) is 34.1 Å². The number of carbonyl (C=O) groups excluding carboxylic acids is 3. The number of nitrogens with zero attached hydrogens (tertiary/aromatic N) is 4. The number of phenols is 2. The lowest BCUT2D eigenvalue weighted by molar-refractivity contribution is -0.112. The summed E-state index contributed by atoms with van der Waals surface area (Å²) >= 11 is 0. The highest BCUT2D eigenvalue weighted by Crippen LogP contribution is 2.45. The van der Waals surface area contributed by atoms with Crippen molar-refractivity contribution in [2.45, 2.75) is 105 Å². The average molecular weight is 854 g/mol. The number of hydrogen-bond acceptors (Lipinski definition) is 12. The van der Waals surface area contributed by atoms with E-state index in [1.54, 1.807) is 38.2 Å². The van der Waals surface area contributed by atoms with Crippen molar-refractivity contribution < 1.29 is 43.6 Å². The van der Waals surface area contributed by atoms with E-state index in [4.69, 9.17) is 19.5 Å². The van der Waals surface area contributed by atoms with Gasteiger partial charge in [0.1, 0.15) is 34.5 Å². The zero-order chi connectivity index (χ0) is 45.0. The molecule has 4 aliphatic heterocycles. The number of aromatic hydroxyl groups is 2. The molecule has 3 aromatic rings. The predicted octanol–water partition coefficient (Wildman–Crippen LogP) is 7.05. The molecule has 3 unspecified atom stereocenters. The van der Waals surface area contributed by atoms with Crippen LogP contribution >= 0.6 is 0 Å². The molecule has 13 nitrogen and oxygen atoms in total. The Morgan fingerprint density at radius 2 is 1.74 bits per heavy atom. The van der Waals surface area contributed by atoms with E-state index in [2.05, 4.69) is 29.0 Å². The molecular formula is C48H60FN5O8. The van der Waals surface area contributed by atoms with Gasteiger partial charge >= 0.3 is 5.97 Å². The number of ether oxygens (including phenoxy) is 2. The molecule has 1 fully saturated rings. The van der Waals surface area contributed by atoms with Gasteiger partial charge in [-0.25, -0.2) is 9.18 Å². The summed E-state index contributed by atoms with van der Waals surface area (Å²) in [4.78, 5) is 58.1. The van der Waals surface area contributed by atoms with Gasteiger partial charge in [-0.05, 0) is 56.9 Å². The van der Waals surface area contributed by atoms with Gasteiger partial charge in [0.25, 0.3) is 5.91 Å². The summed E-state index contributed by atoms with van der Waals surface area (Å²) in [5, 5.41) is 38.9. The monoisotopic (exact) mass is 853 g/mol. The standard InChI is InChI=1S/C48H60FN5O8/c1-26(2)25-54-19-17-48(18-20-54)52-39-37-36-34(55)15-10-9-11-16-35(62-47(60)32-22-33(49)24-50-23-32)30(6)42(56)29(5)21-27(3)13-12-14-28(4)46(59)51-41(40(39)53-48)44(58)38(37)43(57)31(7)45(36)61-8/h9-10,12-14,22-24,26-27,29-30,35,42,56-58H,11,15-21,25H2,1-8H3,(H,51,59)/b10-9+,13-12+,28-14-/t27?,29-,30+,35?,42?/m1/s1. The number of halogens is 1. The number of rotatable bonds is 5. The Labute approximate surface area is 362 Å². The number of methoxy groups -OCH3 is 1. The number of fused-ring (bicyclic) bond motifs is 14. The number of benzene rings is 2. The van der Waals surface area contributed by atoms with Crippen LogP contribution in [0, 0.1) is 36.4 Å². The number of Topliss-reactive ketones (excluding diaryl/α,β-unsaturated/α-hetero) is 1. The van der Waals surface area contributed by atoms with Gasteiger partial charge in [0.2, 0.25) is 0 Å². The summed E-state index contributed by atoms with van der Waals surface area (Å²) in [6.45, 7) is 15.7. The lowest BCUT2D eigenvalue weighted by Gasteiger charge is -2.36. The highest BCUT2D eigenvalue weighted by molar-refractivity contribution is 6.16. The van der Waals surface area contributed by atoms with E-state index in [0.29, 0.717) is 37.2 Å². The van der Waals surface area contributed by atoms with Crippen molar-refractivity contribution >= 4 is 34.1 Å². The van der Waals surface area contributed by atoms with E-state index in [1.807, 2.05) is 26.8 Å². The number of nitrogens with one attached hydrogen (secondary N) is 1. The molecule has 14 heteroatoms. The third-order valence-corrected chi connectivity index (χ3v) is 12.4.